The second-order valence-electron chi connectivity index (χ2n) is 7.42. The number of methoxy groups -OCH3 is 1. The van der Waals surface area contributed by atoms with Gasteiger partial charge in [-0.05, 0) is 30.5 Å². The lowest BCUT2D eigenvalue weighted by molar-refractivity contribution is -0.117. The van der Waals surface area contributed by atoms with Gasteiger partial charge in [0.2, 0.25) is 11.8 Å². The van der Waals surface area contributed by atoms with Crippen LogP contribution < -0.4 is 15.4 Å². The van der Waals surface area contributed by atoms with Crippen molar-refractivity contribution in [3.8, 4) is 17.2 Å². The van der Waals surface area contributed by atoms with Gasteiger partial charge < -0.3 is 19.8 Å². The predicted molar refractivity (Wildman–Crippen MR) is 112 cm³/mol. The van der Waals surface area contributed by atoms with Gasteiger partial charge in [-0.3, -0.25) is 4.79 Å². The van der Waals surface area contributed by atoms with Gasteiger partial charge in [-0.25, -0.2) is 9.97 Å². The molecule has 0 saturated heterocycles. The fraction of sp³-hybridized carbons (Fsp3) is 0.286. The molecule has 9 nitrogen and oxygen atoms in total. The molecule has 30 heavy (non-hydrogen) atoms. The van der Waals surface area contributed by atoms with Gasteiger partial charge in [0, 0.05) is 30.6 Å². The maximum atomic E-state index is 12.3. The van der Waals surface area contributed by atoms with Gasteiger partial charge in [0.25, 0.3) is 0 Å². The van der Waals surface area contributed by atoms with E-state index < -0.39 is 0 Å². The highest BCUT2D eigenvalue weighted by atomic mass is 16.5. The first-order valence-corrected chi connectivity index (χ1v) is 9.67. The number of hydrogen-bond acceptors (Lipinski definition) is 8. The molecule has 9 heteroatoms. The minimum Gasteiger partial charge on any atom is -0.497 e. The third-order valence-corrected chi connectivity index (χ3v) is 5.39. The van der Waals surface area contributed by atoms with Crippen LogP contribution in [-0.4, -0.2) is 40.2 Å². The number of pyridine rings is 1. The van der Waals surface area contributed by atoms with Crippen molar-refractivity contribution in [2.45, 2.75) is 13.3 Å². The number of fused-ring (bicyclic) bond motifs is 2. The molecule has 4 aromatic rings. The van der Waals surface area contributed by atoms with Gasteiger partial charge in [-0.2, -0.15) is 0 Å². The number of nitrogens with zero attached hydrogens (tertiary/aromatic N) is 4. The quantitative estimate of drug-likeness (QED) is 0.519. The van der Waals surface area contributed by atoms with E-state index in [9.17, 15) is 4.79 Å². The van der Waals surface area contributed by atoms with Gasteiger partial charge in [-0.1, -0.05) is 6.92 Å². The molecule has 0 aliphatic heterocycles. The number of amides is 1. The lowest BCUT2D eigenvalue weighted by Crippen LogP contribution is -2.16. The van der Waals surface area contributed by atoms with E-state index in [-0.39, 0.29) is 11.8 Å². The van der Waals surface area contributed by atoms with Crippen LogP contribution in [0.4, 0.5) is 11.6 Å². The minimum atomic E-state index is -0.0328. The normalized spacial score (nSPS) is 17.8. The SMILES string of the molecule is CNc1ncc(-c2nc3ccc(OC)cc3o2)c2cc(NC(=O)[C@H]3C[C@H]3C)nnc12. The largest absolute Gasteiger partial charge is 0.497 e. The van der Waals surface area contributed by atoms with Gasteiger partial charge in [0.1, 0.15) is 16.8 Å². The van der Waals surface area contributed by atoms with E-state index in [4.69, 9.17) is 9.15 Å². The number of anilines is 2. The zero-order valence-electron chi connectivity index (χ0n) is 16.8. The number of ether oxygens (including phenoxy) is 1. The molecule has 3 heterocycles. The van der Waals surface area contributed by atoms with Crippen LogP contribution in [0.15, 0.2) is 34.9 Å². The van der Waals surface area contributed by atoms with Crippen molar-refractivity contribution in [3.05, 3.63) is 30.5 Å². The van der Waals surface area contributed by atoms with Crippen molar-refractivity contribution in [2.24, 2.45) is 11.8 Å². The molecule has 3 aromatic heterocycles. The van der Waals surface area contributed by atoms with E-state index in [1.807, 2.05) is 12.1 Å². The van der Waals surface area contributed by atoms with Crippen LogP contribution in [0.1, 0.15) is 13.3 Å². The van der Waals surface area contributed by atoms with Gasteiger partial charge in [0.15, 0.2) is 17.2 Å². The summed E-state index contributed by atoms with van der Waals surface area (Å²) in [5.41, 5.74) is 2.53. The Kier molecular flexibility index (Phi) is 4.23. The lowest BCUT2D eigenvalue weighted by atomic mass is 10.1. The summed E-state index contributed by atoms with van der Waals surface area (Å²) in [5, 5.41) is 15.1. The van der Waals surface area contributed by atoms with E-state index in [1.165, 1.54) is 0 Å². The fourth-order valence-corrected chi connectivity index (χ4v) is 3.50. The Hall–Kier alpha value is -3.75. The summed E-state index contributed by atoms with van der Waals surface area (Å²) < 4.78 is 11.2. The molecule has 2 atom stereocenters. The van der Waals surface area contributed by atoms with Crippen LogP contribution in [-0.2, 0) is 4.79 Å². The van der Waals surface area contributed by atoms with E-state index in [0.717, 1.165) is 11.8 Å². The zero-order valence-corrected chi connectivity index (χ0v) is 16.8. The Morgan fingerprint density at radius 1 is 1.27 bits per heavy atom. The molecule has 1 aromatic carbocycles. The first-order chi connectivity index (χ1) is 14.6. The first kappa shape index (κ1) is 18.3. The fourth-order valence-electron chi connectivity index (χ4n) is 3.50. The molecule has 1 saturated carbocycles. The highest BCUT2D eigenvalue weighted by Crippen LogP contribution is 2.39. The van der Waals surface area contributed by atoms with E-state index >= 15 is 0 Å². The maximum Gasteiger partial charge on any atom is 0.229 e. The number of aromatic nitrogens is 4. The summed E-state index contributed by atoms with van der Waals surface area (Å²) in [6.45, 7) is 2.06. The molecule has 0 bridgehead atoms. The average molecular weight is 404 g/mol. The standard InChI is InChI=1S/C21H20N6O3/c1-10-6-12(10)20(28)25-17-8-13-14(9-23-19(22-2)18(13)27-26-17)21-24-15-5-4-11(29-3)7-16(15)30-21/h4-5,7-10,12H,6H2,1-3H3,(H,22,23)(H,25,26,28)/t10-,12+/m1/s1. The van der Waals surface area contributed by atoms with E-state index in [0.29, 0.717) is 51.4 Å². The molecule has 5 rings (SSSR count). The van der Waals surface area contributed by atoms with Gasteiger partial charge >= 0.3 is 0 Å². The number of carbonyl (C=O) groups excluding carboxylic acids is 1. The molecule has 1 aliphatic rings. The molecular formula is C21H20N6O3. The molecule has 2 N–H and O–H groups in total. The van der Waals surface area contributed by atoms with Crippen molar-refractivity contribution >= 4 is 39.5 Å². The third kappa shape index (κ3) is 3.08. The highest BCUT2D eigenvalue weighted by molar-refractivity contribution is 6.01. The van der Waals surface area contributed by atoms with Crippen molar-refractivity contribution in [1.82, 2.24) is 20.2 Å². The van der Waals surface area contributed by atoms with Gasteiger partial charge in [-0.15, -0.1) is 10.2 Å². The van der Waals surface area contributed by atoms with Crippen LogP contribution >= 0.6 is 0 Å². The molecule has 0 radical (unpaired) electrons. The molecule has 0 unspecified atom stereocenters. The number of rotatable bonds is 5. The molecular weight excluding hydrogens is 384 g/mol. The van der Waals surface area contributed by atoms with Crippen molar-refractivity contribution in [2.75, 3.05) is 24.8 Å². The summed E-state index contributed by atoms with van der Waals surface area (Å²) in [4.78, 5) is 21.3. The molecule has 1 aliphatic carbocycles. The summed E-state index contributed by atoms with van der Waals surface area (Å²) in [5.74, 6) is 2.47. The Morgan fingerprint density at radius 2 is 2.10 bits per heavy atom. The zero-order chi connectivity index (χ0) is 20.8. The molecule has 1 fully saturated rings. The summed E-state index contributed by atoms with van der Waals surface area (Å²) in [7, 11) is 3.36. The second-order valence-corrected chi connectivity index (χ2v) is 7.42. The Bertz CT molecular complexity index is 1280. The average Bonchev–Trinajstić information content (AvgIpc) is 3.35. The van der Waals surface area contributed by atoms with Crippen molar-refractivity contribution in [1.29, 1.82) is 0 Å². The lowest BCUT2D eigenvalue weighted by Gasteiger charge is -2.09. The number of nitrogens with one attached hydrogen (secondary N) is 2. The molecule has 0 spiro atoms. The smallest absolute Gasteiger partial charge is 0.229 e. The number of carbonyl (C=O) groups is 1. The Balaban J connectivity index is 1.61. The highest BCUT2D eigenvalue weighted by Gasteiger charge is 2.39. The first-order valence-electron chi connectivity index (χ1n) is 9.67. The van der Waals surface area contributed by atoms with Gasteiger partial charge in [0.05, 0.1) is 12.7 Å². The number of benzene rings is 1. The number of oxazole rings is 1. The maximum absolute atomic E-state index is 12.3. The van der Waals surface area contributed by atoms with Crippen molar-refractivity contribution in [3.63, 3.8) is 0 Å². The second kappa shape index (κ2) is 6.94. The number of hydrogen-bond donors (Lipinski definition) is 2. The van der Waals surface area contributed by atoms with E-state index in [1.54, 1.807) is 32.5 Å². The Morgan fingerprint density at radius 3 is 2.83 bits per heavy atom. The predicted octanol–water partition coefficient (Wildman–Crippen LogP) is 3.48. The third-order valence-electron chi connectivity index (χ3n) is 5.39. The van der Waals surface area contributed by atoms with Crippen LogP contribution in [0.5, 0.6) is 5.75 Å². The Labute approximate surface area is 171 Å². The molecule has 1 amide bonds. The molecule has 152 valence electrons. The summed E-state index contributed by atoms with van der Waals surface area (Å²) >= 11 is 0. The van der Waals surface area contributed by atoms with E-state index in [2.05, 4.69) is 37.7 Å². The van der Waals surface area contributed by atoms with Crippen LogP contribution in [0.25, 0.3) is 33.5 Å². The van der Waals surface area contributed by atoms with Crippen molar-refractivity contribution < 1.29 is 13.9 Å². The van der Waals surface area contributed by atoms with Crippen LogP contribution in [0.3, 0.4) is 0 Å². The summed E-state index contributed by atoms with van der Waals surface area (Å²) in [6.07, 6.45) is 2.57. The topological polar surface area (TPSA) is 115 Å². The van der Waals surface area contributed by atoms with Crippen LogP contribution in [0.2, 0.25) is 0 Å². The summed E-state index contributed by atoms with van der Waals surface area (Å²) in [6, 6.07) is 7.22. The van der Waals surface area contributed by atoms with Crippen LogP contribution in [0, 0.1) is 11.8 Å². The minimum absolute atomic E-state index is 0.0328. The monoisotopic (exact) mass is 404 g/mol.